The van der Waals surface area contributed by atoms with Crippen molar-refractivity contribution < 1.29 is 0 Å². The van der Waals surface area contributed by atoms with Gasteiger partial charge in [-0.05, 0) is 5.92 Å². The molecule has 0 heteroatoms. The fourth-order valence-electron chi connectivity index (χ4n) is 4.63. The van der Waals surface area contributed by atoms with Gasteiger partial charge >= 0.3 is 0 Å². The third-order valence-electron chi connectivity index (χ3n) is 6.44. The van der Waals surface area contributed by atoms with Crippen molar-refractivity contribution in [3.8, 4) is 0 Å². The zero-order valence-corrected chi connectivity index (χ0v) is 17.8. The fraction of sp³-hybridized carbons (Fsp3) is 1.00. The summed E-state index contributed by atoms with van der Waals surface area (Å²) in [7, 11) is 0. The molecule has 1 fully saturated rings. The van der Waals surface area contributed by atoms with Gasteiger partial charge in [-0.1, -0.05) is 155 Å². The summed E-state index contributed by atoms with van der Waals surface area (Å²) in [6.07, 6.45) is 34.4. The zero-order valence-electron chi connectivity index (χ0n) is 17.8. The van der Waals surface area contributed by atoms with E-state index in [-0.39, 0.29) is 0 Å². The average Bonchev–Trinajstić information content (AvgIpc) is 2.65. The first-order valence-corrected chi connectivity index (χ1v) is 12.4. The predicted molar refractivity (Wildman–Crippen MR) is 115 cm³/mol. The van der Waals surface area contributed by atoms with Crippen LogP contribution in [-0.4, -0.2) is 0 Å². The summed E-state index contributed by atoms with van der Waals surface area (Å²) in [4.78, 5) is 0. The molecule has 25 heavy (non-hydrogen) atoms. The summed E-state index contributed by atoms with van der Waals surface area (Å²) in [5.41, 5.74) is 0. The molecule has 0 nitrogen and oxygen atoms in total. The second-order valence-corrected chi connectivity index (χ2v) is 8.95. The van der Waals surface area contributed by atoms with Gasteiger partial charge in [0, 0.05) is 0 Å². The van der Waals surface area contributed by atoms with Crippen LogP contribution in [0.25, 0.3) is 0 Å². The van der Waals surface area contributed by atoms with Gasteiger partial charge in [-0.15, -0.1) is 0 Å². The second kappa shape index (κ2) is 18.8. The van der Waals surface area contributed by atoms with Crippen molar-refractivity contribution in [3.05, 3.63) is 0 Å². The van der Waals surface area contributed by atoms with Crippen LogP contribution in [0.5, 0.6) is 0 Å². The van der Waals surface area contributed by atoms with Crippen LogP contribution in [0, 0.1) is 5.92 Å². The molecular weight excluding hydrogens is 300 g/mol. The lowest BCUT2D eigenvalue weighted by atomic mass is 9.85. The predicted octanol–water partition coefficient (Wildman–Crippen LogP) is 9.61. The van der Waals surface area contributed by atoms with Crippen molar-refractivity contribution >= 4 is 0 Å². The van der Waals surface area contributed by atoms with Crippen LogP contribution in [0.3, 0.4) is 0 Å². The molecule has 0 saturated heterocycles. The molecule has 0 aromatic rings. The quantitative estimate of drug-likeness (QED) is 0.216. The molecule has 1 rings (SSSR count). The molecule has 1 aliphatic rings. The summed E-state index contributed by atoms with van der Waals surface area (Å²) >= 11 is 0. The molecule has 0 atom stereocenters. The first kappa shape index (κ1) is 23.0. The highest BCUT2D eigenvalue weighted by molar-refractivity contribution is 4.65. The Balaban J connectivity index is 1.65. The number of hydrogen-bond donors (Lipinski definition) is 0. The van der Waals surface area contributed by atoms with E-state index < -0.39 is 0 Å². The van der Waals surface area contributed by atoms with Crippen LogP contribution in [0.15, 0.2) is 0 Å². The van der Waals surface area contributed by atoms with E-state index in [0.717, 1.165) is 5.92 Å². The van der Waals surface area contributed by atoms with Crippen LogP contribution in [0.4, 0.5) is 0 Å². The molecule has 0 N–H and O–H groups in total. The largest absolute Gasteiger partial charge is 0.0654 e. The van der Waals surface area contributed by atoms with Gasteiger partial charge in [-0.2, -0.15) is 0 Å². The monoisotopic (exact) mass is 350 g/mol. The van der Waals surface area contributed by atoms with Gasteiger partial charge in [0.15, 0.2) is 0 Å². The molecule has 1 aliphatic carbocycles. The normalized spacial score (nSPS) is 15.7. The molecule has 0 unspecified atom stereocenters. The van der Waals surface area contributed by atoms with E-state index >= 15 is 0 Å². The molecule has 0 aliphatic heterocycles. The molecular formula is C25H50. The topological polar surface area (TPSA) is 0 Å². The Bertz CT molecular complexity index is 238. The number of hydrogen-bond acceptors (Lipinski definition) is 0. The van der Waals surface area contributed by atoms with E-state index in [4.69, 9.17) is 0 Å². The highest BCUT2D eigenvalue weighted by atomic mass is 14.2. The minimum absolute atomic E-state index is 1.10. The molecule has 0 radical (unpaired) electrons. The summed E-state index contributed by atoms with van der Waals surface area (Å²) in [5, 5.41) is 0. The van der Waals surface area contributed by atoms with Crippen molar-refractivity contribution in [2.45, 2.75) is 155 Å². The lowest BCUT2D eigenvalue weighted by Gasteiger charge is -2.21. The van der Waals surface area contributed by atoms with Gasteiger partial charge in [0.25, 0.3) is 0 Å². The smallest absolute Gasteiger partial charge is 0.0414 e. The SMILES string of the molecule is CCCCCCCCCCCCCCCCCCCC1CCCCC1. The highest BCUT2D eigenvalue weighted by Gasteiger charge is 2.12. The number of rotatable bonds is 18. The van der Waals surface area contributed by atoms with Crippen LogP contribution < -0.4 is 0 Å². The zero-order chi connectivity index (χ0) is 17.8. The van der Waals surface area contributed by atoms with Gasteiger partial charge in [-0.3, -0.25) is 0 Å². The Labute approximate surface area is 160 Å². The lowest BCUT2D eigenvalue weighted by Crippen LogP contribution is -2.05. The van der Waals surface area contributed by atoms with E-state index in [1.54, 1.807) is 19.3 Å². The minimum Gasteiger partial charge on any atom is -0.0654 e. The number of unbranched alkanes of at least 4 members (excludes halogenated alkanes) is 16. The average molecular weight is 351 g/mol. The van der Waals surface area contributed by atoms with Crippen LogP contribution in [-0.2, 0) is 0 Å². The maximum atomic E-state index is 2.30. The third kappa shape index (κ3) is 15.9. The van der Waals surface area contributed by atoms with Crippen LogP contribution >= 0.6 is 0 Å². The molecule has 0 spiro atoms. The van der Waals surface area contributed by atoms with E-state index in [9.17, 15) is 0 Å². The van der Waals surface area contributed by atoms with Crippen molar-refractivity contribution in [3.63, 3.8) is 0 Å². The summed E-state index contributed by atoms with van der Waals surface area (Å²) in [5.74, 6) is 1.10. The van der Waals surface area contributed by atoms with Gasteiger partial charge in [0.2, 0.25) is 0 Å². The maximum absolute atomic E-state index is 2.30. The van der Waals surface area contributed by atoms with E-state index in [0.29, 0.717) is 0 Å². The molecule has 150 valence electrons. The summed E-state index contributed by atoms with van der Waals surface area (Å²) in [6, 6.07) is 0. The second-order valence-electron chi connectivity index (χ2n) is 8.95. The highest BCUT2D eigenvalue weighted by Crippen LogP contribution is 2.28. The fourth-order valence-corrected chi connectivity index (χ4v) is 4.63. The standard InChI is InChI=1S/C25H50/c1-2-3-4-5-6-7-8-9-10-11-12-13-14-15-16-17-19-22-25-23-20-18-21-24-25/h25H,2-24H2,1H3. The van der Waals surface area contributed by atoms with Crippen molar-refractivity contribution in [1.82, 2.24) is 0 Å². The molecule has 0 amide bonds. The van der Waals surface area contributed by atoms with E-state index in [2.05, 4.69) is 6.92 Å². The van der Waals surface area contributed by atoms with Gasteiger partial charge in [0.05, 0.1) is 0 Å². The lowest BCUT2D eigenvalue weighted by molar-refractivity contribution is 0.328. The van der Waals surface area contributed by atoms with Gasteiger partial charge in [0.1, 0.15) is 0 Å². The molecule has 1 saturated carbocycles. The first-order chi connectivity index (χ1) is 12.4. The Kier molecular flexibility index (Phi) is 17.3. The maximum Gasteiger partial charge on any atom is -0.0414 e. The minimum atomic E-state index is 1.10. The summed E-state index contributed by atoms with van der Waals surface area (Å²) < 4.78 is 0. The van der Waals surface area contributed by atoms with E-state index in [1.807, 2.05) is 0 Å². The Morgan fingerprint density at radius 2 is 0.800 bits per heavy atom. The third-order valence-corrected chi connectivity index (χ3v) is 6.44. The molecule has 0 aromatic heterocycles. The summed E-state index contributed by atoms with van der Waals surface area (Å²) in [6.45, 7) is 2.30. The molecule has 0 heterocycles. The van der Waals surface area contributed by atoms with Gasteiger partial charge < -0.3 is 0 Å². The Hall–Kier alpha value is 0. The van der Waals surface area contributed by atoms with Crippen molar-refractivity contribution in [1.29, 1.82) is 0 Å². The van der Waals surface area contributed by atoms with E-state index in [1.165, 1.54) is 128 Å². The van der Waals surface area contributed by atoms with Crippen LogP contribution in [0.1, 0.15) is 155 Å². The van der Waals surface area contributed by atoms with Gasteiger partial charge in [-0.25, -0.2) is 0 Å². The molecule has 0 aromatic carbocycles. The van der Waals surface area contributed by atoms with Crippen LogP contribution in [0.2, 0.25) is 0 Å². The Morgan fingerprint density at radius 3 is 1.20 bits per heavy atom. The first-order valence-electron chi connectivity index (χ1n) is 12.4. The Morgan fingerprint density at radius 1 is 0.440 bits per heavy atom. The molecule has 0 bridgehead atoms. The van der Waals surface area contributed by atoms with Crippen molar-refractivity contribution in [2.24, 2.45) is 5.92 Å². The van der Waals surface area contributed by atoms with Crippen molar-refractivity contribution in [2.75, 3.05) is 0 Å².